The first-order chi connectivity index (χ1) is 13.6. The normalized spacial score (nSPS) is 11.2. The van der Waals surface area contributed by atoms with E-state index in [0.717, 1.165) is 22.1 Å². The second kappa shape index (κ2) is 7.15. The van der Waals surface area contributed by atoms with Crippen LogP contribution in [0.3, 0.4) is 0 Å². The number of rotatable bonds is 5. The lowest BCUT2D eigenvalue weighted by molar-refractivity contribution is -0.117. The van der Waals surface area contributed by atoms with Crippen molar-refractivity contribution < 1.29 is 4.79 Å². The van der Waals surface area contributed by atoms with Gasteiger partial charge in [-0.2, -0.15) is 0 Å². The molecule has 28 heavy (non-hydrogen) atoms. The third-order valence-electron chi connectivity index (χ3n) is 4.54. The Morgan fingerprint density at radius 2 is 1.79 bits per heavy atom. The lowest BCUT2D eigenvalue weighted by Crippen LogP contribution is -2.34. The van der Waals surface area contributed by atoms with Crippen molar-refractivity contribution in [3.8, 4) is 0 Å². The third-order valence-corrected chi connectivity index (χ3v) is 4.54. The number of fused-ring (bicyclic) bond motifs is 2. The highest BCUT2D eigenvalue weighted by molar-refractivity contribution is 5.91. The quantitative estimate of drug-likeness (QED) is 0.556. The standard InChI is InChI=1S/C20H19N5O3/c1-2-11-24-16-10-6-5-9-15(16)21-20(24)22-17(26)12-25-19(28)14-8-4-3-7-13(14)18(27)23-25/h3-10H,2,11-12H2,1H3,(H,23,27)(H,21,22,26). The van der Waals surface area contributed by atoms with Gasteiger partial charge in [-0.15, -0.1) is 0 Å². The molecule has 0 fully saturated rings. The van der Waals surface area contributed by atoms with E-state index >= 15 is 0 Å². The molecule has 0 aliphatic heterocycles. The molecule has 0 unspecified atom stereocenters. The summed E-state index contributed by atoms with van der Waals surface area (Å²) < 4.78 is 2.95. The first-order valence-electron chi connectivity index (χ1n) is 9.05. The van der Waals surface area contributed by atoms with Crippen LogP contribution in [0.2, 0.25) is 0 Å². The molecule has 0 saturated carbocycles. The number of benzene rings is 2. The second-order valence-electron chi connectivity index (χ2n) is 6.50. The van der Waals surface area contributed by atoms with E-state index < -0.39 is 17.0 Å². The van der Waals surface area contributed by atoms with E-state index in [1.165, 1.54) is 0 Å². The van der Waals surface area contributed by atoms with Crippen LogP contribution in [0.4, 0.5) is 5.95 Å². The highest BCUT2D eigenvalue weighted by Crippen LogP contribution is 2.20. The molecule has 0 spiro atoms. The Kier molecular flexibility index (Phi) is 4.52. The monoisotopic (exact) mass is 377 g/mol. The van der Waals surface area contributed by atoms with Crippen molar-refractivity contribution in [2.24, 2.45) is 0 Å². The number of aromatic amines is 1. The van der Waals surface area contributed by atoms with Crippen molar-refractivity contribution >= 4 is 33.7 Å². The average molecular weight is 377 g/mol. The van der Waals surface area contributed by atoms with E-state index in [2.05, 4.69) is 15.4 Å². The predicted octanol–water partition coefficient (Wildman–Crippen LogP) is 2.09. The van der Waals surface area contributed by atoms with Crippen molar-refractivity contribution in [3.05, 3.63) is 69.2 Å². The number of carbonyl (C=O) groups excluding carboxylic acids is 1. The summed E-state index contributed by atoms with van der Waals surface area (Å²) >= 11 is 0. The van der Waals surface area contributed by atoms with Gasteiger partial charge in [0.15, 0.2) is 0 Å². The summed E-state index contributed by atoms with van der Waals surface area (Å²) in [5.41, 5.74) is 0.868. The van der Waals surface area contributed by atoms with Crippen LogP contribution in [-0.2, 0) is 17.9 Å². The van der Waals surface area contributed by atoms with Crippen LogP contribution in [0.15, 0.2) is 58.1 Å². The molecule has 0 radical (unpaired) electrons. The number of para-hydroxylation sites is 2. The largest absolute Gasteiger partial charge is 0.310 e. The van der Waals surface area contributed by atoms with Crippen LogP contribution in [-0.4, -0.2) is 25.2 Å². The number of hydrogen-bond donors (Lipinski definition) is 2. The maximum Gasteiger partial charge on any atom is 0.273 e. The molecule has 0 aliphatic rings. The molecule has 1 amide bonds. The van der Waals surface area contributed by atoms with Crippen LogP contribution in [0.1, 0.15) is 13.3 Å². The van der Waals surface area contributed by atoms with Crippen LogP contribution >= 0.6 is 0 Å². The molecule has 8 heteroatoms. The van der Waals surface area contributed by atoms with Crippen LogP contribution in [0, 0.1) is 0 Å². The molecule has 0 saturated heterocycles. The van der Waals surface area contributed by atoms with Gasteiger partial charge in [-0.1, -0.05) is 31.2 Å². The van der Waals surface area contributed by atoms with Crippen molar-refractivity contribution in [2.45, 2.75) is 26.4 Å². The number of anilines is 1. The van der Waals surface area contributed by atoms with E-state index in [1.54, 1.807) is 24.3 Å². The fraction of sp³-hybridized carbons (Fsp3) is 0.200. The summed E-state index contributed by atoms with van der Waals surface area (Å²) in [6, 6.07) is 14.1. The number of H-pyrrole nitrogens is 1. The molecule has 2 aromatic heterocycles. The van der Waals surface area contributed by atoms with Gasteiger partial charge in [-0.3, -0.25) is 24.8 Å². The summed E-state index contributed by atoms with van der Waals surface area (Å²) in [4.78, 5) is 41.8. The molecule has 0 bridgehead atoms. The van der Waals surface area contributed by atoms with E-state index in [-0.39, 0.29) is 11.9 Å². The van der Waals surface area contributed by atoms with Gasteiger partial charge >= 0.3 is 0 Å². The summed E-state index contributed by atoms with van der Waals surface area (Å²) in [5, 5.41) is 5.80. The summed E-state index contributed by atoms with van der Waals surface area (Å²) in [6.45, 7) is 2.43. The Balaban J connectivity index is 1.66. The Labute approximate surface area is 159 Å². The SMILES string of the molecule is CCCn1c(NC(=O)Cn2[nH]c(=O)c3ccccc3c2=O)nc2ccccc21. The van der Waals surface area contributed by atoms with E-state index in [1.807, 2.05) is 35.8 Å². The molecule has 8 nitrogen and oxygen atoms in total. The van der Waals surface area contributed by atoms with Crippen molar-refractivity contribution in [3.63, 3.8) is 0 Å². The number of amides is 1. The minimum Gasteiger partial charge on any atom is -0.310 e. The first-order valence-corrected chi connectivity index (χ1v) is 9.05. The van der Waals surface area contributed by atoms with Gasteiger partial charge in [0.2, 0.25) is 11.9 Å². The lowest BCUT2D eigenvalue weighted by Gasteiger charge is -2.10. The van der Waals surface area contributed by atoms with Gasteiger partial charge < -0.3 is 4.57 Å². The van der Waals surface area contributed by atoms with Crippen LogP contribution in [0.25, 0.3) is 21.8 Å². The van der Waals surface area contributed by atoms with E-state index in [0.29, 0.717) is 17.9 Å². The van der Waals surface area contributed by atoms with Gasteiger partial charge in [-0.05, 0) is 30.7 Å². The number of imidazole rings is 1. The zero-order valence-corrected chi connectivity index (χ0v) is 15.3. The van der Waals surface area contributed by atoms with E-state index in [9.17, 15) is 14.4 Å². The van der Waals surface area contributed by atoms with Gasteiger partial charge in [0.1, 0.15) is 6.54 Å². The van der Waals surface area contributed by atoms with Crippen molar-refractivity contribution in [2.75, 3.05) is 5.32 Å². The minimum atomic E-state index is -0.444. The molecule has 4 rings (SSSR count). The Hall–Kier alpha value is -3.68. The number of nitrogens with one attached hydrogen (secondary N) is 2. The number of aryl methyl sites for hydroxylation is 1. The topological polar surface area (TPSA) is 102 Å². The van der Waals surface area contributed by atoms with E-state index in [4.69, 9.17) is 0 Å². The second-order valence-corrected chi connectivity index (χ2v) is 6.50. The number of aromatic nitrogens is 4. The Bertz CT molecular complexity index is 1300. The molecule has 2 heterocycles. The molecule has 2 aromatic carbocycles. The van der Waals surface area contributed by atoms with Crippen molar-refractivity contribution in [1.82, 2.24) is 19.3 Å². The third kappa shape index (κ3) is 3.09. The highest BCUT2D eigenvalue weighted by atomic mass is 16.2. The maximum absolute atomic E-state index is 12.6. The zero-order chi connectivity index (χ0) is 19.7. The molecule has 4 aromatic rings. The van der Waals surface area contributed by atoms with Gasteiger partial charge in [0.25, 0.3) is 11.1 Å². The summed E-state index contributed by atoms with van der Waals surface area (Å²) in [7, 11) is 0. The Morgan fingerprint density at radius 3 is 2.57 bits per heavy atom. The fourth-order valence-electron chi connectivity index (χ4n) is 3.29. The number of hydrogen-bond acceptors (Lipinski definition) is 4. The number of carbonyl (C=O) groups is 1. The molecular formula is C20H19N5O3. The van der Waals surface area contributed by atoms with Gasteiger partial charge in [-0.25, -0.2) is 9.67 Å². The maximum atomic E-state index is 12.6. The van der Waals surface area contributed by atoms with Gasteiger partial charge in [0, 0.05) is 6.54 Å². The average Bonchev–Trinajstić information content (AvgIpc) is 3.03. The summed E-state index contributed by atoms with van der Waals surface area (Å²) in [6.07, 6.45) is 0.876. The lowest BCUT2D eigenvalue weighted by atomic mass is 10.2. The van der Waals surface area contributed by atoms with Crippen LogP contribution in [0.5, 0.6) is 0 Å². The minimum absolute atomic E-state index is 0.275. The fourth-order valence-corrected chi connectivity index (χ4v) is 3.29. The highest BCUT2D eigenvalue weighted by Gasteiger charge is 2.15. The Morgan fingerprint density at radius 1 is 1.07 bits per heavy atom. The smallest absolute Gasteiger partial charge is 0.273 e. The number of nitrogens with zero attached hydrogens (tertiary/aromatic N) is 3. The zero-order valence-electron chi connectivity index (χ0n) is 15.3. The van der Waals surface area contributed by atoms with Gasteiger partial charge in [0.05, 0.1) is 21.8 Å². The molecule has 0 aliphatic carbocycles. The molecule has 0 atom stereocenters. The molecular weight excluding hydrogens is 358 g/mol. The summed E-state index contributed by atoms with van der Waals surface area (Å²) in [5.74, 6) is -0.0232. The first kappa shape index (κ1) is 17.7. The van der Waals surface area contributed by atoms with Crippen molar-refractivity contribution in [1.29, 1.82) is 0 Å². The van der Waals surface area contributed by atoms with Crippen LogP contribution < -0.4 is 16.4 Å². The predicted molar refractivity (Wildman–Crippen MR) is 107 cm³/mol. The molecule has 2 N–H and O–H groups in total. The molecule has 142 valence electrons.